The number of hydrogen-bond acceptors (Lipinski definition) is 1. The number of rotatable bonds is 4. The molecule has 0 aromatic heterocycles. The third-order valence-electron chi connectivity index (χ3n) is 3.13. The highest BCUT2D eigenvalue weighted by Gasteiger charge is 2.22. The fourth-order valence-corrected chi connectivity index (χ4v) is 1.88. The van der Waals surface area contributed by atoms with Gasteiger partial charge in [0.1, 0.15) is 5.54 Å². The highest BCUT2D eigenvalue weighted by molar-refractivity contribution is 5.32. The second-order valence-electron chi connectivity index (χ2n) is 4.47. The largest absolute Gasteiger partial charge is 0.294 e. The van der Waals surface area contributed by atoms with Crippen LogP contribution in [0.25, 0.3) is 0 Å². The van der Waals surface area contributed by atoms with Crippen molar-refractivity contribution in [3.63, 3.8) is 0 Å². The Hall–Kier alpha value is -2.04. The molecular formula is C17H17N. The van der Waals surface area contributed by atoms with Crippen LogP contribution in [0.1, 0.15) is 18.1 Å². The third kappa shape index (κ3) is 2.80. The first-order valence-electron chi connectivity index (χ1n) is 6.07. The van der Waals surface area contributed by atoms with Gasteiger partial charge in [0, 0.05) is 6.54 Å². The summed E-state index contributed by atoms with van der Waals surface area (Å²) < 4.78 is 0. The zero-order valence-corrected chi connectivity index (χ0v) is 10.6. The van der Waals surface area contributed by atoms with Gasteiger partial charge in [0.25, 0.3) is 0 Å². The summed E-state index contributed by atoms with van der Waals surface area (Å²) in [4.78, 5) is 0. The maximum absolute atomic E-state index is 5.69. The van der Waals surface area contributed by atoms with Crippen LogP contribution in [0, 0.1) is 12.3 Å². The van der Waals surface area contributed by atoms with Crippen LogP contribution < -0.4 is 5.32 Å². The van der Waals surface area contributed by atoms with E-state index in [1.165, 1.54) is 5.56 Å². The lowest BCUT2D eigenvalue weighted by molar-refractivity contribution is 0.470. The van der Waals surface area contributed by atoms with E-state index in [2.05, 4.69) is 35.5 Å². The minimum Gasteiger partial charge on any atom is -0.294 e. The molecule has 0 amide bonds. The second-order valence-corrected chi connectivity index (χ2v) is 4.47. The molecule has 0 aliphatic rings. The van der Waals surface area contributed by atoms with E-state index in [4.69, 9.17) is 6.42 Å². The Labute approximate surface area is 109 Å². The standard InChI is InChI=1S/C17H17N/c1-3-17(2,16-12-8-5-9-13-16)18-14-15-10-6-4-7-11-15/h1,4-13,18H,14H2,2H3. The number of hydrogen-bond donors (Lipinski definition) is 1. The van der Waals surface area contributed by atoms with Crippen LogP contribution in [0.4, 0.5) is 0 Å². The molecule has 0 aliphatic carbocycles. The molecule has 2 rings (SSSR count). The quantitative estimate of drug-likeness (QED) is 0.802. The Morgan fingerprint density at radius 3 is 2.11 bits per heavy atom. The highest BCUT2D eigenvalue weighted by atomic mass is 15.0. The summed E-state index contributed by atoms with van der Waals surface area (Å²) >= 11 is 0. The third-order valence-corrected chi connectivity index (χ3v) is 3.13. The highest BCUT2D eigenvalue weighted by Crippen LogP contribution is 2.20. The predicted molar refractivity (Wildman–Crippen MR) is 75.9 cm³/mol. The van der Waals surface area contributed by atoms with Gasteiger partial charge in [0.15, 0.2) is 0 Å². The molecule has 0 spiro atoms. The van der Waals surface area contributed by atoms with Crippen molar-refractivity contribution in [2.45, 2.75) is 19.0 Å². The van der Waals surface area contributed by atoms with E-state index in [0.29, 0.717) is 0 Å². The maximum atomic E-state index is 5.69. The van der Waals surface area contributed by atoms with Crippen LogP contribution in [0.15, 0.2) is 60.7 Å². The van der Waals surface area contributed by atoms with Gasteiger partial charge in [-0.3, -0.25) is 5.32 Å². The van der Waals surface area contributed by atoms with Crippen molar-refractivity contribution >= 4 is 0 Å². The molecule has 0 heterocycles. The molecular weight excluding hydrogens is 218 g/mol. The lowest BCUT2D eigenvalue weighted by atomic mass is 9.92. The molecule has 0 aliphatic heterocycles. The predicted octanol–water partition coefficient (Wildman–Crippen LogP) is 3.32. The minimum atomic E-state index is -0.433. The second kappa shape index (κ2) is 5.53. The molecule has 1 nitrogen and oxygen atoms in total. The number of terminal acetylenes is 1. The molecule has 2 aromatic rings. The van der Waals surface area contributed by atoms with E-state index in [9.17, 15) is 0 Å². The van der Waals surface area contributed by atoms with Crippen LogP contribution >= 0.6 is 0 Å². The Kier molecular flexibility index (Phi) is 3.82. The maximum Gasteiger partial charge on any atom is 0.103 e. The Morgan fingerprint density at radius 2 is 1.56 bits per heavy atom. The first-order valence-corrected chi connectivity index (χ1v) is 6.07. The fraction of sp³-hybridized carbons (Fsp3) is 0.176. The van der Waals surface area contributed by atoms with Crippen molar-refractivity contribution in [1.29, 1.82) is 0 Å². The molecule has 1 N–H and O–H groups in total. The Bertz CT molecular complexity index is 525. The van der Waals surface area contributed by atoms with Crippen molar-refractivity contribution in [3.8, 4) is 12.3 Å². The van der Waals surface area contributed by atoms with E-state index in [1.54, 1.807) is 0 Å². The van der Waals surface area contributed by atoms with Crippen molar-refractivity contribution in [3.05, 3.63) is 71.8 Å². The Balaban J connectivity index is 2.13. The lowest BCUT2D eigenvalue weighted by Gasteiger charge is -2.26. The van der Waals surface area contributed by atoms with Crippen molar-refractivity contribution in [2.75, 3.05) is 0 Å². The first kappa shape index (κ1) is 12.4. The molecule has 0 saturated heterocycles. The molecule has 0 bridgehead atoms. The van der Waals surface area contributed by atoms with Gasteiger partial charge < -0.3 is 0 Å². The SMILES string of the molecule is C#CC(C)(NCc1ccccc1)c1ccccc1. The van der Waals surface area contributed by atoms with Gasteiger partial charge in [-0.05, 0) is 18.1 Å². The van der Waals surface area contributed by atoms with E-state index >= 15 is 0 Å². The van der Waals surface area contributed by atoms with E-state index in [0.717, 1.165) is 12.1 Å². The molecule has 2 aromatic carbocycles. The zero-order chi connectivity index (χ0) is 12.8. The van der Waals surface area contributed by atoms with E-state index in [1.807, 2.05) is 43.3 Å². The van der Waals surface area contributed by atoms with Gasteiger partial charge in [0.05, 0.1) is 0 Å². The monoisotopic (exact) mass is 235 g/mol. The summed E-state index contributed by atoms with van der Waals surface area (Å²) in [5.74, 6) is 2.85. The molecule has 1 atom stereocenters. The van der Waals surface area contributed by atoms with E-state index < -0.39 is 5.54 Å². The zero-order valence-electron chi connectivity index (χ0n) is 10.6. The fourth-order valence-electron chi connectivity index (χ4n) is 1.88. The molecule has 0 fully saturated rings. The summed E-state index contributed by atoms with van der Waals surface area (Å²) in [7, 11) is 0. The van der Waals surface area contributed by atoms with E-state index in [-0.39, 0.29) is 0 Å². The summed E-state index contributed by atoms with van der Waals surface area (Å²) in [6.45, 7) is 2.79. The number of benzene rings is 2. The average molecular weight is 235 g/mol. The van der Waals surface area contributed by atoms with Gasteiger partial charge >= 0.3 is 0 Å². The topological polar surface area (TPSA) is 12.0 Å². The number of nitrogens with one attached hydrogen (secondary N) is 1. The molecule has 1 heteroatoms. The van der Waals surface area contributed by atoms with Gasteiger partial charge in [-0.15, -0.1) is 6.42 Å². The first-order chi connectivity index (χ1) is 8.74. The average Bonchev–Trinajstić information content (AvgIpc) is 2.47. The normalized spacial score (nSPS) is 13.6. The molecule has 0 radical (unpaired) electrons. The summed E-state index contributed by atoms with van der Waals surface area (Å²) in [5, 5.41) is 3.44. The molecule has 1 unspecified atom stereocenters. The van der Waals surface area contributed by atoms with Crippen molar-refractivity contribution < 1.29 is 0 Å². The smallest absolute Gasteiger partial charge is 0.103 e. The van der Waals surface area contributed by atoms with Crippen LogP contribution in [0.5, 0.6) is 0 Å². The van der Waals surface area contributed by atoms with Gasteiger partial charge in [-0.2, -0.15) is 0 Å². The van der Waals surface area contributed by atoms with Crippen molar-refractivity contribution in [2.24, 2.45) is 0 Å². The molecule has 18 heavy (non-hydrogen) atoms. The lowest BCUT2D eigenvalue weighted by Crippen LogP contribution is -2.37. The minimum absolute atomic E-state index is 0.433. The van der Waals surface area contributed by atoms with Gasteiger partial charge in [-0.1, -0.05) is 66.6 Å². The van der Waals surface area contributed by atoms with Crippen LogP contribution in [0.3, 0.4) is 0 Å². The Morgan fingerprint density at radius 1 is 1.00 bits per heavy atom. The van der Waals surface area contributed by atoms with Crippen LogP contribution in [0.2, 0.25) is 0 Å². The van der Waals surface area contributed by atoms with Crippen molar-refractivity contribution in [1.82, 2.24) is 5.32 Å². The summed E-state index contributed by atoms with van der Waals surface area (Å²) in [6.07, 6.45) is 5.69. The van der Waals surface area contributed by atoms with Gasteiger partial charge in [0.2, 0.25) is 0 Å². The summed E-state index contributed by atoms with van der Waals surface area (Å²) in [6, 6.07) is 20.4. The van der Waals surface area contributed by atoms with Crippen LogP contribution in [-0.4, -0.2) is 0 Å². The van der Waals surface area contributed by atoms with Crippen LogP contribution in [-0.2, 0) is 12.1 Å². The molecule has 0 saturated carbocycles. The summed E-state index contributed by atoms with van der Waals surface area (Å²) in [5.41, 5.74) is 1.91. The van der Waals surface area contributed by atoms with Gasteiger partial charge in [-0.25, -0.2) is 0 Å². The molecule has 90 valence electrons.